The van der Waals surface area contributed by atoms with E-state index in [-0.39, 0.29) is 6.42 Å². The van der Waals surface area contributed by atoms with Crippen molar-refractivity contribution in [1.29, 1.82) is 0 Å². The number of alkyl halides is 6. The van der Waals surface area contributed by atoms with Gasteiger partial charge in [0.1, 0.15) is 5.92 Å². The molecule has 0 bridgehead atoms. The van der Waals surface area contributed by atoms with E-state index in [2.05, 4.69) is 0 Å². The molecule has 0 aromatic heterocycles. The van der Waals surface area contributed by atoms with Gasteiger partial charge in [0.15, 0.2) is 0 Å². The average Bonchev–Trinajstić information content (AvgIpc) is 2.72. The van der Waals surface area contributed by atoms with E-state index < -0.39 is 42.7 Å². The highest BCUT2D eigenvalue weighted by Crippen LogP contribution is 2.52. The Morgan fingerprint density at radius 1 is 0.656 bits per heavy atom. The minimum absolute atomic E-state index is 0.0772. The van der Waals surface area contributed by atoms with Gasteiger partial charge < -0.3 is 9.47 Å². The quantitative estimate of drug-likeness (QED) is 0.160. The molecule has 1 atom stereocenters. The maximum atomic E-state index is 14.6. The molecule has 0 spiro atoms. The summed E-state index contributed by atoms with van der Waals surface area (Å²) in [5.41, 5.74) is 0. The minimum Gasteiger partial charge on any atom is -0.339 e. The molecular weight excluding hydrogens is 434 g/mol. The third kappa shape index (κ3) is 8.07. The molecule has 0 N–H and O–H groups in total. The molecule has 2 aliphatic carbocycles. The third-order valence-corrected chi connectivity index (χ3v) is 6.88. The van der Waals surface area contributed by atoms with Gasteiger partial charge in [0.2, 0.25) is 0 Å². The van der Waals surface area contributed by atoms with Crippen LogP contribution < -0.4 is 0 Å². The third-order valence-electron chi connectivity index (χ3n) is 6.88. The number of rotatable bonds is 12. The summed E-state index contributed by atoms with van der Waals surface area (Å²) in [5.74, 6) is -6.34. The first-order valence-corrected chi connectivity index (χ1v) is 12.6. The van der Waals surface area contributed by atoms with E-state index in [1.54, 1.807) is 0 Å². The van der Waals surface area contributed by atoms with Crippen LogP contribution in [0.4, 0.5) is 26.3 Å². The van der Waals surface area contributed by atoms with E-state index in [1.165, 1.54) is 0 Å². The molecule has 0 aromatic rings. The van der Waals surface area contributed by atoms with E-state index >= 15 is 0 Å². The topological polar surface area (TPSA) is 18.5 Å². The van der Waals surface area contributed by atoms with Crippen molar-refractivity contribution in [2.24, 2.45) is 5.92 Å². The Balaban J connectivity index is 2.30. The van der Waals surface area contributed by atoms with E-state index in [1.807, 2.05) is 6.92 Å². The first-order valence-electron chi connectivity index (χ1n) is 12.6. The van der Waals surface area contributed by atoms with Crippen LogP contribution in [0.5, 0.6) is 0 Å². The molecule has 190 valence electrons. The number of unbranched alkanes of at least 4 members (excludes halogenated alkanes) is 5. The summed E-state index contributed by atoms with van der Waals surface area (Å²) in [6, 6.07) is 0. The summed E-state index contributed by atoms with van der Waals surface area (Å²) in [7, 11) is 0. The average molecular weight is 475 g/mol. The van der Waals surface area contributed by atoms with Crippen LogP contribution >= 0.6 is 0 Å². The Morgan fingerprint density at radius 2 is 1.09 bits per heavy atom. The second-order valence-corrected chi connectivity index (χ2v) is 9.57. The second kappa shape index (κ2) is 12.8. The van der Waals surface area contributed by atoms with Crippen LogP contribution in [0.1, 0.15) is 116 Å². The highest BCUT2D eigenvalue weighted by molar-refractivity contribution is 4.94. The van der Waals surface area contributed by atoms with Crippen LogP contribution in [0.15, 0.2) is 0 Å². The zero-order chi connectivity index (χ0) is 23.7. The van der Waals surface area contributed by atoms with Crippen molar-refractivity contribution >= 4 is 0 Å². The lowest BCUT2D eigenvalue weighted by molar-refractivity contribution is -0.448. The maximum Gasteiger partial charge on any atom is 0.443 e. The standard InChI is InChI=1S/C24H40F6O2/c1-2-3-4-5-6-13-18-21(23(25,26)27)22(24(28,29)30,31-19-14-9-7-10-15-19)32-20-16-11-8-12-17-20/h19-21H,2-18H2,1H3. The molecule has 2 aliphatic rings. The molecule has 2 fully saturated rings. The van der Waals surface area contributed by atoms with Crippen LogP contribution in [0.2, 0.25) is 0 Å². The van der Waals surface area contributed by atoms with Crippen LogP contribution in [0.25, 0.3) is 0 Å². The SMILES string of the molecule is CCCCCCCCC(C(F)(F)F)C(OC1CCCCC1)(OC1CCCCC1)C(F)(F)F. The summed E-state index contributed by atoms with van der Waals surface area (Å²) in [6.45, 7) is 2.03. The molecule has 0 saturated heterocycles. The van der Waals surface area contributed by atoms with Crippen molar-refractivity contribution in [3.05, 3.63) is 0 Å². The van der Waals surface area contributed by atoms with Crippen LogP contribution in [-0.2, 0) is 9.47 Å². The van der Waals surface area contributed by atoms with Crippen molar-refractivity contribution in [2.75, 3.05) is 0 Å². The molecule has 8 heteroatoms. The molecule has 32 heavy (non-hydrogen) atoms. The molecule has 2 rings (SSSR count). The first kappa shape index (κ1) is 27.7. The molecule has 0 aromatic carbocycles. The Labute approximate surface area is 188 Å². The highest BCUT2D eigenvalue weighted by Gasteiger charge is 2.70. The normalized spacial score (nSPS) is 21.1. The molecule has 0 amide bonds. The fourth-order valence-electron chi connectivity index (χ4n) is 5.08. The number of hydrogen-bond donors (Lipinski definition) is 0. The summed E-state index contributed by atoms with van der Waals surface area (Å²) >= 11 is 0. The summed E-state index contributed by atoms with van der Waals surface area (Å²) in [6.07, 6.45) is -2.81. The Bertz CT molecular complexity index is 488. The van der Waals surface area contributed by atoms with Gasteiger partial charge in [-0.05, 0) is 32.1 Å². The van der Waals surface area contributed by atoms with Gasteiger partial charge in [0.05, 0.1) is 12.2 Å². The van der Waals surface area contributed by atoms with Gasteiger partial charge in [0.25, 0.3) is 5.79 Å². The lowest BCUT2D eigenvalue weighted by atomic mass is 9.88. The van der Waals surface area contributed by atoms with Crippen molar-refractivity contribution in [3.63, 3.8) is 0 Å². The smallest absolute Gasteiger partial charge is 0.339 e. The molecule has 0 heterocycles. The molecule has 0 aliphatic heterocycles. The number of ether oxygens (including phenoxy) is 2. The number of halogens is 6. The predicted molar refractivity (Wildman–Crippen MR) is 112 cm³/mol. The largest absolute Gasteiger partial charge is 0.443 e. The zero-order valence-electron chi connectivity index (χ0n) is 19.3. The van der Waals surface area contributed by atoms with Gasteiger partial charge in [-0.1, -0.05) is 84.0 Å². The van der Waals surface area contributed by atoms with Gasteiger partial charge in [-0.2, -0.15) is 26.3 Å². The van der Waals surface area contributed by atoms with Crippen LogP contribution in [-0.4, -0.2) is 30.3 Å². The second-order valence-electron chi connectivity index (χ2n) is 9.57. The van der Waals surface area contributed by atoms with Gasteiger partial charge >= 0.3 is 12.4 Å². The Kier molecular flexibility index (Phi) is 11.1. The van der Waals surface area contributed by atoms with Crippen molar-refractivity contribution in [3.8, 4) is 0 Å². The summed E-state index contributed by atoms with van der Waals surface area (Å²) in [4.78, 5) is 0. The fraction of sp³-hybridized carbons (Fsp3) is 1.00. The molecule has 1 unspecified atom stereocenters. The van der Waals surface area contributed by atoms with E-state index in [4.69, 9.17) is 9.47 Å². The van der Waals surface area contributed by atoms with Crippen molar-refractivity contribution in [2.45, 2.75) is 146 Å². The maximum absolute atomic E-state index is 14.6. The predicted octanol–water partition coefficient (Wildman–Crippen LogP) is 8.87. The Morgan fingerprint density at radius 3 is 1.50 bits per heavy atom. The Hall–Kier alpha value is -0.500. The van der Waals surface area contributed by atoms with E-state index in [0.29, 0.717) is 57.8 Å². The minimum atomic E-state index is -5.27. The van der Waals surface area contributed by atoms with Crippen LogP contribution in [0.3, 0.4) is 0 Å². The lowest BCUT2D eigenvalue weighted by Crippen LogP contribution is -2.62. The monoisotopic (exact) mass is 474 g/mol. The molecule has 2 saturated carbocycles. The molecule has 2 nitrogen and oxygen atoms in total. The van der Waals surface area contributed by atoms with Gasteiger partial charge in [-0.15, -0.1) is 0 Å². The highest BCUT2D eigenvalue weighted by atomic mass is 19.4. The van der Waals surface area contributed by atoms with Crippen molar-refractivity contribution < 1.29 is 35.8 Å². The summed E-state index contributed by atoms with van der Waals surface area (Å²) < 4.78 is 97.4. The molecular formula is C24H40F6O2. The zero-order valence-corrected chi connectivity index (χ0v) is 19.3. The van der Waals surface area contributed by atoms with E-state index in [9.17, 15) is 26.3 Å². The van der Waals surface area contributed by atoms with Gasteiger partial charge in [0, 0.05) is 0 Å². The lowest BCUT2D eigenvalue weighted by Gasteiger charge is -2.46. The molecule has 0 radical (unpaired) electrons. The van der Waals surface area contributed by atoms with Gasteiger partial charge in [-0.3, -0.25) is 0 Å². The van der Waals surface area contributed by atoms with E-state index in [0.717, 1.165) is 38.5 Å². The first-order chi connectivity index (χ1) is 15.1. The van der Waals surface area contributed by atoms with Crippen molar-refractivity contribution in [1.82, 2.24) is 0 Å². The van der Waals surface area contributed by atoms with Gasteiger partial charge in [-0.25, -0.2) is 0 Å². The summed E-state index contributed by atoms with van der Waals surface area (Å²) in [5, 5.41) is 0. The van der Waals surface area contributed by atoms with Crippen LogP contribution in [0, 0.1) is 5.92 Å². The fourth-order valence-corrected chi connectivity index (χ4v) is 5.08. The number of hydrogen-bond acceptors (Lipinski definition) is 2.